The van der Waals surface area contributed by atoms with Gasteiger partial charge in [0.2, 0.25) is 5.91 Å². The summed E-state index contributed by atoms with van der Waals surface area (Å²) in [5.41, 5.74) is 0.717. The maximum Gasteiger partial charge on any atom is 0.261 e. The van der Waals surface area contributed by atoms with Crippen molar-refractivity contribution in [3.63, 3.8) is 0 Å². The second-order valence-corrected chi connectivity index (χ2v) is 7.32. The van der Waals surface area contributed by atoms with E-state index in [9.17, 15) is 14.0 Å². The lowest BCUT2D eigenvalue weighted by Crippen LogP contribution is -2.50. The summed E-state index contributed by atoms with van der Waals surface area (Å²) in [5, 5.41) is 3.46. The summed E-state index contributed by atoms with van der Waals surface area (Å²) in [7, 11) is 0. The van der Waals surface area contributed by atoms with Gasteiger partial charge < -0.3 is 15.0 Å². The van der Waals surface area contributed by atoms with Crippen molar-refractivity contribution in [1.82, 2.24) is 10.2 Å². The fourth-order valence-corrected chi connectivity index (χ4v) is 2.72. The number of carbonyl (C=O) groups is 2. The van der Waals surface area contributed by atoms with E-state index in [2.05, 4.69) is 5.32 Å². The summed E-state index contributed by atoms with van der Waals surface area (Å²) in [6.07, 6.45) is 0.782. The molecule has 2 atom stereocenters. The van der Waals surface area contributed by atoms with Crippen molar-refractivity contribution in [3.8, 4) is 5.75 Å². The van der Waals surface area contributed by atoms with Crippen molar-refractivity contribution in [1.29, 1.82) is 0 Å². The van der Waals surface area contributed by atoms with Gasteiger partial charge in [0.1, 0.15) is 17.6 Å². The number of nitrogens with one attached hydrogen (secondary N) is 1. The molecule has 2 aromatic carbocycles. The van der Waals surface area contributed by atoms with Gasteiger partial charge in [0.15, 0.2) is 6.61 Å². The molecule has 0 aliphatic rings. The van der Waals surface area contributed by atoms with Crippen LogP contribution in [-0.2, 0) is 16.1 Å². The van der Waals surface area contributed by atoms with E-state index >= 15 is 0 Å². The van der Waals surface area contributed by atoms with Crippen LogP contribution in [0.1, 0.15) is 32.8 Å². The van der Waals surface area contributed by atoms with Gasteiger partial charge in [-0.05, 0) is 62.2 Å². The predicted octanol–water partition coefficient (Wildman–Crippen LogP) is 4.19. The molecule has 156 valence electrons. The van der Waals surface area contributed by atoms with Crippen LogP contribution in [0.15, 0.2) is 48.5 Å². The van der Waals surface area contributed by atoms with Crippen molar-refractivity contribution >= 4 is 23.4 Å². The molecule has 0 spiro atoms. The van der Waals surface area contributed by atoms with Crippen molar-refractivity contribution < 1.29 is 18.7 Å². The standard InChI is InChI=1S/C22H26ClFN2O3/c1-4-15(2)25-22(28)16(3)26(13-17-5-9-19(24)10-6-17)21(27)14-29-20-11-7-18(23)8-12-20/h5-12,15-16H,4,13-14H2,1-3H3,(H,25,28)/t15-,16+/m0/s1. The van der Waals surface area contributed by atoms with E-state index in [0.29, 0.717) is 10.8 Å². The Labute approximate surface area is 175 Å². The summed E-state index contributed by atoms with van der Waals surface area (Å²) in [6, 6.07) is 11.8. The molecule has 0 saturated carbocycles. The topological polar surface area (TPSA) is 58.6 Å². The van der Waals surface area contributed by atoms with Gasteiger partial charge in [0.05, 0.1) is 0 Å². The Morgan fingerprint density at radius 1 is 1.10 bits per heavy atom. The molecular formula is C22H26ClFN2O3. The molecule has 5 nitrogen and oxygen atoms in total. The molecular weight excluding hydrogens is 395 g/mol. The molecule has 2 aromatic rings. The zero-order chi connectivity index (χ0) is 21.4. The number of hydrogen-bond donors (Lipinski definition) is 1. The quantitative estimate of drug-likeness (QED) is 0.661. The highest BCUT2D eigenvalue weighted by Gasteiger charge is 2.27. The molecule has 0 aliphatic carbocycles. The van der Waals surface area contributed by atoms with E-state index in [-0.39, 0.29) is 36.8 Å². The van der Waals surface area contributed by atoms with Crippen LogP contribution in [0.2, 0.25) is 5.02 Å². The zero-order valence-corrected chi connectivity index (χ0v) is 17.6. The van der Waals surface area contributed by atoms with E-state index in [1.54, 1.807) is 43.3 Å². The molecule has 0 aromatic heterocycles. The van der Waals surface area contributed by atoms with Gasteiger partial charge in [0.25, 0.3) is 5.91 Å². The molecule has 0 bridgehead atoms. The first-order chi connectivity index (χ1) is 13.8. The molecule has 0 unspecified atom stereocenters. The van der Waals surface area contributed by atoms with Crippen molar-refractivity contribution in [2.24, 2.45) is 0 Å². The van der Waals surface area contributed by atoms with Crippen LogP contribution in [-0.4, -0.2) is 35.4 Å². The monoisotopic (exact) mass is 420 g/mol. The SMILES string of the molecule is CC[C@H](C)NC(=O)[C@@H](C)N(Cc1ccc(F)cc1)C(=O)COc1ccc(Cl)cc1. The molecule has 1 N–H and O–H groups in total. The van der Waals surface area contributed by atoms with Gasteiger partial charge in [-0.3, -0.25) is 9.59 Å². The minimum atomic E-state index is -0.713. The summed E-state index contributed by atoms with van der Waals surface area (Å²) in [5.74, 6) is -0.459. The number of nitrogens with zero attached hydrogens (tertiary/aromatic N) is 1. The van der Waals surface area contributed by atoms with Gasteiger partial charge in [-0.15, -0.1) is 0 Å². The Morgan fingerprint density at radius 2 is 1.72 bits per heavy atom. The highest BCUT2D eigenvalue weighted by Crippen LogP contribution is 2.16. The van der Waals surface area contributed by atoms with Crippen LogP contribution in [0.5, 0.6) is 5.75 Å². The van der Waals surface area contributed by atoms with Crippen LogP contribution in [0.3, 0.4) is 0 Å². The van der Waals surface area contributed by atoms with E-state index in [0.717, 1.165) is 12.0 Å². The highest BCUT2D eigenvalue weighted by molar-refractivity contribution is 6.30. The van der Waals surface area contributed by atoms with Crippen LogP contribution < -0.4 is 10.1 Å². The predicted molar refractivity (Wildman–Crippen MR) is 111 cm³/mol. The Balaban J connectivity index is 2.13. The second kappa shape index (κ2) is 10.8. The number of amides is 2. The van der Waals surface area contributed by atoms with Crippen molar-refractivity contribution in [2.45, 2.75) is 45.8 Å². The Kier molecular flexibility index (Phi) is 8.46. The fraction of sp³-hybridized carbons (Fsp3) is 0.364. The minimum absolute atomic E-state index is 0.00181. The minimum Gasteiger partial charge on any atom is -0.484 e. The van der Waals surface area contributed by atoms with Gasteiger partial charge in [-0.1, -0.05) is 30.7 Å². The Hall–Kier alpha value is -2.60. The molecule has 7 heteroatoms. The summed E-state index contributed by atoms with van der Waals surface area (Å²) >= 11 is 5.85. The van der Waals surface area contributed by atoms with Gasteiger partial charge in [0, 0.05) is 17.6 Å². The van der Waals surface area contributed by atoms with E-state index in [1.807, 2.05) is 13.8 Å². The molecule has 29 heavy (non-hydrogen) atoms. The lowest BCUT2D eigenvalue weighted by molar-refractivity contribution is -0.142. The van der Waals surface area contributed by atoms with Crippen LogP contribution in [0, 0.1) is 5.82 Å². The molecule has 0 heterocycles. The van der Waals surface area contributed by atoms with Crippen molar-refractivity contribution in [2.75, 3.05) is 6.61 Å². The normalized spacial score (nSPS) is 12.7. The van der Waals surface area contributed by atoms with E-state index in [1.165, 1.54) is 17.0 Å². The van der Waals surface area contributed by atoms with Gasteiger partial charge >= 0.3 is 0 Å². The molecule has 0 saturated heterocycles. The smallest absolute Gasteiger partial charge is 0.261 e. The van der Waals surface area contributed by atoms with Gasteiger partial charge in [-0.2, -0.15) is 0 Å². The zero-order valence-electron chi connectivity index (χ0n) is 16.8. The van der Waals surface area contributed by atoms with Crippen molar-refractivity contribution in [3.05, 3.63) is 64.9 Å². The molecule has 2 amide bonds. The average molecular weight is 421 g/mol. The molecule has 0 fully saturated rings. The largest absolute Gasteiger partial charge is 0.484 e. The first-order valence-electron chi connectivity index (χ1n) is 9.52. The third-order valence-electron chi connectivity index (χ3n) is 4.61. The number of rotatable bonds is 9. The average Bonchev–Trinajstić information content (AvgIpc) is 2.72. The number of hydrogen-bond acceptors (Lipinski definition) is 3. The molecule has 2 rings (SSSR count). The molecule has 0 aliphatic heterocycles. The van der Waals surface area contributed by atoms with E-state index < -0.39 is 6.04 Å². The number of halogens is 2. The summed E-state index contributed by atoms with van der Waals surface area (Å²) in [6.45, 7) is 5.47. The number of ether oxygens (including phenoxy) is 1. The second-order valence-electron chi connectivity index (χ2n) is 6.88. The van der Waals surface area contributed by atoms with Gasteiger partial charge in [-0.25, -0.2) is 4.39 Å². The molecule has 0 radical (unpaired) electrons. The van der Waals surface area contributed by atoms with Crippen LogP contribution in [0.4, 0.5) is 4.39 Å². The third-order valence-corrected chi connectivity index (χ3v) is 4.86. The maximum absolute atomic E-state index is 13.2. The lowest BCUT2D eigenvalue weighted by Gasteiger charge is -2.29. The summed E-state index contributed by atoms with van der Waals surface area (Å²) < 4.78 is 18.8. The first-order valence-corrected chi connectivity index (χ1v) is 9.90. The lowest BCUT2D eigenvalue weighted by atomic mass is 10.1. The number of carbonyl (C=O) groups excluding carboxylic acids is 2. The maximum atomic E-state index is 13.2. The Bertz CT molecular complexity index is 812. The van der Waals surface area contributed by atoms with Crippen LogP contribution in [0.25, 0.3) is 0 Å². The first kappa shape index (κ1) is 22.7. The van der Waals surface area contributed by atoms with E-state index in [4.69, 9.17) is 16.3 Å². The summed E-state index contributed by atoms with van der Waals surface area (Å²) in [4.78, 5) is 26.9. The number of benzene rings is 2. The Morgan fingerprint density at radius 3 is 2.31 bits per heavy atom. The fourth-order valence-electron chi connectivity index (χ4n) is 2.59. The van der Waals surface area contributed by atoms with Crippen LogP contribution >= 0.6 is 11.6 Å². The highest BCUT2D eigenvalue weighted by atomic mass is 35.5. The third kappa shape index (κ3) is 7.06.